The third-order valence-corrected chi connectivity index (χ3v) is 4.00. The van der Waals surface area contributed by atoms with E-state index in [-0.39, 0.29) is 0 Å². The minimum absolute atomic E-state index is 0.578. The van der Waals surface area contributed by atoms with Crippen LogP contribution in [0.3, 0.4) is 0 Å². The molecule has 0 aliphatic carbocycles. The maximum absolute atomic E-state index is 6.09. The third-order valence-electron chi connectivity index (χ3n) is 3.62. The van der Waals surface area contributed by atoms with Gasteiger partial charge in [-0.1, -0.05) is 31.4 Å². The molecule has 0 aromatic carbocycles. The number of hydrogen-bond acceptors (Lipinski definition) is 3. The number of anilines is 1. The van der Waals surface area contributed by atoms with Crippen LogP contribution < -0.4 is 4.90 Å². The summed E-state index contributed by atoms with van der Waals surface area (Å²) in [7, 11) is 0. The van der Waals surface area contributed by atoms with Crippen LogP contribution in [0, 0.1) is 6.92 Å². The fourth-order valence-corrected chi connectivity index (χ4v) is 2.72. The lowest BCUT2D eigenvalue weighted by atomic mass is 10.1. The van der Waals surface area contributed by atoms with E-state index in [0.29, 0.717) is 11.2 Å². The van der Waals surface area contributed by atoms with Crippen LogP contribution in [-0.4, -0.2) is 22.6 Å². The van der Waals surface area contributed by atoms with E-state index in [1.54, 1.807) is 6.33 Å². The average molecular weight is 254 g/mol. The second-order valence-corrected chi connectivity index (χ2v) is 5.08. The SMILES string of the molecule is CCC1CCCCCN1c1ncnc(Cl)c1C. The van der Waals surface area contributed by atoms with Gasteiger partial charge >= 0.3 is 0 Å². The summed E-state index contributed by atoms with van der Waals surface area (Å²) in [6.07, 6.45) is 7.90. The Bertz CT molecular complexity index is 381. The normalized spacial score (nSPS) is 21.4. The maximum atomic E-state index is 6.09. The lowest BCUT2D eigenvalue weighted by molar-refractivity contribution is 0.551. The van der Waals surface area contributed by atoms with Crippen molar-refractivity contribution >= 4 is 17.4 Å². The van der Waals surface area contributed by atoms with E-state index in [1.165, 1.54) is 32.1 Å². The molecule has 0 N–H and O–H groups in total. The van der Waals surface area contributed by atoms with Crippen molar-refractivity contribution < 1.29 is 0 Å². The van der Waals surface area contributed by atoms with Gasteiger partial charge in [-0.05, 0) is 26.2 Å². The molecule has 1 fully saturated rings. The Hall–Kier alpha value is -0.830. The Balaban J connectivity index is 2.31. The van der Waals surface area contributed by atoms with E-state index in [2.05, 4.69) is 21.8 Å². The van der Waals surface area contributed by atoms with Crippen molar-refractivity contribution in [2.75, 3.05) is 11.4 Å². The van der Waals surface area contributed by atoms with Gasteiger partial charge in [0.25, 0.3) is 0 Å². The molecule has 4 heteroatoms. The van der Waals surface area contributed by atoms with Gasteiger partial charge in [-0.15, -0.1) is 0 Å². The zero-order valence-corrected chi connectivity index (χ0v) is 11.4. The van der Waals surface area contributed by atoms with Gasteiger partial charge in [-0.2, -0.15) is 0 Å². The first-order valence-electron chi connectivity index (χ1n) is 6.47. The lowest BCUT2D eigenvalue weighted by Gasteiger charge is -2.31. The van der Waals surface area contributed by atoms with Crippen LogP contribution in [0.25, 0.3) is 0 Å². The Morgan fingerprint density at radius 1 is 1.35 bits per heavy atom. The first-order valence-corrected chi connectivity index (χ1v) is 6.85. The van der Waals surface area contributed by atoms with E-state index in [4.69, 9.17) is 11.6 Å². The van der Waals surface area contributed by atoms with Crippen LogP contribution in [-0.2, 0) is 0 Å². The first-order chi connectivity index (χ1) is 8.24. The highest BCUT2D eigenvalue weighted by Crippen LogP contribution is 2.28. The number of rotatable bonds is 2. The fraction of sp³-hybridized carbons (Fsp3) is 0.692. The van der Waals surface area contributed by atoms with Gasteiger partial charge in [-0.3, -0.25) is 0 Å². The summed E-state index contributed by atoms with van der Waals surface area (Å²) in [5.41, 5.74) is 1.01. The summed E-state index contributed by atoms with van der Waals surface area (Å²) < 4.78 is 0. The number of hydrogen-bond donors (Lipinski definition) is 0. The largest absolute Gasteiger partial charge is 0.353 e. The molecule has 0 spiro atoms. The zero-order valence-electron chi connectivity index (χ0n) is 10.6. The molecule has 1 aliphatic rings. The molecule has 0 radical (unpaired) electrons. The summed E-state index contributed by atoms with van der Waals surface area (Å²) in [4.78, 5) is 10.9. The highest BCUT2D eigenvalue weighted by molar-refractivity contribution is 6.30. The zero-order chi connectivity index (χ0) is 12.3. The molecule has 1 aromatic rings. The fourth-order valence-electron chi connectivity index (χ4n) is 2.59. The van der Waals surface area contributed by atoms with Gasteiger partial charge in [0.2, 0.25) is 0 Å². The van der Waals surface area contributed by atoms with Gasteiger partial charge in [0.1, 0.15) is 17.3 Å². The summed E-state index contributed by atoms with van der Waals surface area (Å²) in [5, 5.41) is 0.578. The number of halogens is 1. The topological polar surface area (TPSA) is 29.0 Å². The van der Waals surface area contributed by atoms with Crippen molar-refractivity contribution in [1.82, 2.24) is 9.97 Å². The van der Waals surface area contributed by atoms with E-state index >= 15 is 0 Å². The van der Waals surface area contributed by atoms with Gasteiger partial charge in [-0.25, -0.2) is 9.97 Å². The molecule has 94 valence electrons. The molecule has 3 nitrogen and oxygen atoms in total. The molecule has 1 atom stereocenters. The Labute approximate surface area is 108 Å². The summed E-state index contributed by atoms with van der Waals surface area (Å²) in [5.74, 6) is 1.03. The first kappa shape index (κ1) is 12.6. The molecular weight excluding hydrogens is 234 g/mol. The second-order valence-electron chi connectivity index (χ2n) is 4.72. The van der Waals surface area contributed by atoms with E-state index in [0.717, 1.165) is 17.9 Å². The molecule has 1 unspecified atom stereocenters. The van der Waals surface area contributed by atoms with Crippen LogP contribution in [0.2, 0.25) is 5.15 Å². The number of aromatic nitrogens is 2. The molecule has 2 heterocycles. The van der Waals surface area contributed by atoms with E-state index in [1.807, 2.05) is 6.92 Å². The lowest BCUT2D eigenvalue weighted by Crippen LogP contribution is -2.35. The third kappa shape index (κ3) is 2.71. The monoisotopic (exact) mass is 253 g/mol. The van der Waals surface area contributed by atoms with Crippen LogP contribution in [0.15, 0.2) is 6.33 Å². The quantitative estimate of drug-likeness (QED) is 0.754. The van der Waals surface area contributed by atoms with Crippen molar-refractivity contribution in [3.63, 3.8) is 0 Å². The molecule has 0 saturated carbocycles. The summed E-state index contributed by atoms with van der Waals surface area (Å²) in [6, 6.07) is 0.599. The smallest absolute Gasteiger partial charge is 0.137 e. The standard InChI is InChI=1S/C13H20ClN3/c1-3-11-7-5-4-6-8-17(11)13-10(2)12(14)15-9-16-13/h9,11H,3-8H2,1-2H3. The minimum atomic E-state index is 0.578. The molecule has 0 bridgehead atoms. The van der Waals surface area contributed by atoms with E-state index < -0.39 is 0 Å². The Kier molecular flexibility index (Phi) is 4.21. The van der Waals surface area contributed by atoms with Crippen LogP contribution >= 0.6 is 11.6 Å². The molecule has 1 saturated heterocycles. The van der Waals surface area contributed by atoms with Gasteiger partial charge in [0.15, 0.2) is 0 Å². The molecule has 1 aromatic heterocycles. The highest BCUT2D eigenvalue weighted by atomic mass is 35.5. The number of nitrogens with zero attached hydrogens (tertiary/aromatic N) is 3. The molecule has 17 heavy (non-hydrogen) atoms. The predicted molar refractivity (Wildman–Crippen MR) is 71.7 cm³/mol. The summed E-state index contributed by atoms with van der Waals surface area (Å²) in [6.45, 7) is 5.35. The van der Waals surface area contributed by atoms with Gasteiger partial charge in [0, 0.05) is 18.2 Å². The second kappa shape index (κ2) is 5.67. The van der Waals surface area contributed by atoms with Gasteiger partial charge < -0.3 is 4.90 Å². The predicted octanol–water partition coefficient (Wildman–Crippen LogP) is 3.60. The van der Waals surface area contributed by atoms with Crippen LogP contribution in [0.1, 0.15) is 44.6 Å². The van der Waals surface area contributed by atoms with Crippen molar-refractivity contribution in [3.05, 3.63) is 17.0 Å². The van der Waals surface area contributed by atoms with Crippen LogP contribution in [0.5, 0.6) is 0 Å². The highest BCUT2D eigenvalue weighted by Gasteiger charge is 2.22. The van der Waals surface area contributed by atoms with E-state index in [9.17, 15) is 0 Å². The Morgan fingerprint density at radius 3 is 2.94 bits per heavy atom. The maximum Gasteiger partial charge on any atom is 0.137 e. The summed E-state index contributed by atoms with van der Waals surface area (Å²) >= 11 is 6.09. The van der Waals surface area contributed by atoms with Crippen molar-refractivity contribution in [3.8, 4) is 0 Å². The van der Waals surface area contributed by atoms with Crippen LogP contribution in [0.4, 0.5) is 5.82 Å². The Morgan fingerprint density at radius 2 is 2.18 bits per heavy atom. The molecule has 1 aliphatic heterocycles. The minimum Gasteiger partial charge on any atom is -0.353 e. The molecule has 0 amide bonds. The average Bonchev–Trinajstić information content (AvgIpc) is 2.57. The molecule has 2 rings (SSSR count). The van der Waals surface area contributed by atoms with Crippen molar-refractivity contribution in [1.29, 1.82) is 0 Å². The molecular formula is C13H20ClN3. The van der Waals surface area contributed by atoms with Crippen molar-refractivity contribution in [2.45, 2.75) is 52.0 Å². The van der Waals surface area contributed by atoms with Crippen molar-refractivity contribution in [2.24, 2.45) is 0 Å². The van der Waals surface area contributed by atoms with Gasteiger partial charge in [0.05, 0.1) is 0 Å².